The Balaban J connectivity index is 2.17. The summed E-state index contributed by atoms with van der Waals surface area (Å²) in [5.74, 6) is 1.61. The Morgan fingerprint density at radius 2 is 2.10 bits per heavy atom. The summed E-state index contributed by atoms with van der Waals surface area (Å²) in [4.78, 5) is 2.54. The monoisotopic (exact) mass is 276 g/mol. The minimum Gasteiger partial charge on any atom is -0.493 e. The summed E-state index contributed by atoms with van der Waals surface area (Å²) in [6.07, 6.45) is 2.18. The van der Waals surface area contributed by atoms with Gasteiger partial charge in [0.25, 0.3) is 0 Å². The number of rotatable bonds is 6. The van der Waals surface area contributed by atoms with Gasteiger partial charge in [-0.1, -0.05) is 32.0 Å². The van der Waals surface area contributed by atoms with Crippen LogP contribution in [-0.2, 0) is 0 Å². The van der Waals surface area contributed by atoms with Crippen LogP contribution in [0.5, 0.6) is 5.75 Å². The van der Waals surface area contributed by atoms with Crippen molar-refractivity contribution >= 4 is 0 Å². The number of likely N-dealkylation sites (N-methyl/N-ethyl adjacent to an activating group) is 1. The molecule has 0 spiro atoms. The zero-order chi connectivity index (χ0) is 14.6. The molecule has 1 heterocycles. The van der Waals surface area contributed by atoms with Crippen molar-refractivity contribution < 1.29 is 4.74 Å². The summed E-state index contributed by atoms with van der Waals surface area (Å²) in [5.41, 5.74) is 7.48. The fourth-order valence-corrected chi connectivity index (χ4v) is 3.10. The summed E-state index contributed by atoms with van der Waals surface area (Å²) in [5, 5.41) is 0. The van der Waals surface area contributed by atoms with Gasteiger partial charge in [-0.3, -0.25) is 4.90 Å². The Kier molecular flexibility index (Phi) is 5.06. The van der Waals surface area contributed by atoms with Crippen LogP contribution in [0.2, 0.25) is 0 Å². The number of para-hydroxylation sites is 1. The molecule has 3 nitrogen and oxygen atoms in total. The number of benzene rings is 1. The van der Waals surface area contributed by atoms with E-state index in [9.17, 15) is 0 Å². The largest absolute Gasteiger partial charge is 0.493 e. The molecule has 0 bridgehead atoms. The first-order chi connectivity index (χ1) is 9.64. The Bertz CT molecular complexity index is 429. The van der Waals surface area contributed by atoms with Crippen LogP contribution >= 0.6 is 0 Å². The number of nitrogens with zero attached hydrogens (tertiary/aromatic N) is 1. The van der Waals surface area contributed by atoms with Gasteiger partial charge in [0, 0.05) is 24.5 Å². The van der Waals surface area contributed by atoms with Gasteiger partial charge in [-0.15, -0.1) is 0 Å². The SMILES string of the molecule is CCN(CC1CCOc2ccccc21)C(C)(CC)CN. The lowest BCUT2D eigenvalue weighted by molar-refractivity contribution is 0.0962. The first kappa shape index (κ1) is 15.3. The van der Waals surface area contributed by atoms with Gasteiger partial charge in [0.15, 0.2) is 0 Å². The van der Waals surface area contributed by atoms with Gasteiger partial charge in [-0.05, 0) is 37.9 Å². The highest BCUT2D eigenvalue weighted by molar-refractivity contribution is 5.38. The topological polar surface area (TPSA) is 38.5 Å². The van der Waals surface area contributed by atoms with Crippen LogP contribution in [-0.4, -0.2) is 36.7 Å². The maximum atomic E-state index is 6.03. The molecule has 0 amide bonds. The molecule has 112 valence electrons. The second kappa shape index (κ2) is 6.59. The van der Waals surface area contributed by atoms with Crippen molar-refractivity contribution in [2.45, 2.75) is 45.1 Å². The van der Waals surface area contributed by atoms with Crippen LogP contribution in [0.15, 0.2) is 24.3 Å². The Labute approximate surface area is 123 Å². The Hall–Kier alpha value is -1.06. The Morgan fingerprint density at radius 1 is 1.35 bits per heavy atom. The third-order valence-electron chi connectivity index (χ3n) is 4.87. The van der Waals surface area contributed by atoms with Crippen LogP contribution in [0, 0.1) is 0 Å². The van der Waals surface area contributed by atoms with Crippen LogP contribution in [0.1, 0.15) is 45.1 Å². The van der Waals surface area contributed by atoms with Crippen LogP contribution < -0.4 is 10.5 Å². The van der Waals surface area contributed by atoms with Crippen LogP contribution in [0.4, 0.5) is 0 Å². The third kappa shape index (κ3) is 2.99. The van der Waals surface area contributed by atoms with Gasteiger partial charge in [-0.2, -0.15) is 0 Å². The second-order valence-electron chi connectivity index (χ2n) is 5.97. The number of ether oxygens (including phenoxy) is 1. The lowest BCUT2D eigenvalue weighted by atomic mass is 9.89. The smallest absolute Gasteiger partial charge is 0.122 e. The van der Waals surface area contributed by atoms with E-state index in [1.807, 2.05) is 0 Å². The number of hydrogen-bond donors (Lipinski definition) is 1. The molecule has 0 radical (unpaired) electrons. The number of fused-ring (bicyclic) bond motifs is 1. The first-order valence-corrected chi connectivity index (χ1v) is 7.81. The van der Waals surface area contributed by atoms with E-state index in [0.29, 0.717) is 12.5 Å². The molecule has 2 atom stereocenters. The Morgan fingerprint density at radius 3 is 2.75 bits per heavy atom. The molecule has 3 heteroatoms. The highest BCUT2D eigenvalue weighted by Gasteiger charge is 2.31. The molecular formula is C17H28N2O. The van der Waals surface area contributed by atoms with Crippen LogP contribution in [0.3, 0.4) is 0 Å². The summed E-state index contributed by atoms with van der Waals surface area (Å²) in [6, 6.07) is 8.45. The molecule has 0 aromatic heterocycles. The average molecular weight is 276 g/mol. The lowest BCUT2D eigenvalue weighted by Crippen LogP contribution is -2.52. The summed E-state index contributed by atoms with van der Waals surface area (Å²) in [7, 11) is 0. The highest BCUT2D eigenvalue weighted by Crippen LogP contribution is 2.35. The molecule has 1 aromatic carbocycles. The van der Waals surface area contributed by atoms with Crippen LogP contribution in [0.25, 0.3) is 0 Å². The van der Waals surface area contributed by atoms with E-state index in [1.165, 1.54) is 5.56 Å². The number of nitrogens with two attached hydrogens (primary N) is 1. The zero-order valence-corrected chi connectivity index (χ0v) is 13.1. The maximum Gasteiger partial charge on any atom is 0.122 e. The zero-order valence-electron chi connectivity index (χ0n) is 13.1. The van der Waals surface area contributed by atoms with E-state index in [0.717, 1.165) is 38.3 Å². The standard InChI is InChI=1S/C17H28N2O/c1-4-17(3,13-18)19(5-2)12-14-10-11-20-16-9-7-6-8-15(14)16/h6-9,14H,4-5,10-13,18H2,1-3H3. The predicted molar refractivity (Wildman–Crippen MR) is 84.3 cm³/mol. The molecule has 2 rings (SSSR count). The van der Waals surface area contributed by atoms with Crippen molar-refractivity contribution in [2.24, 2.45) is 5.73 Å². The van der Waals surface area contributed by atoms with Gasteiger partial charge in [-0.25, -0.2) is 0 Å². The molecule has 0 saturated heterocycles. The summed E-state index contributed by atoms with van der Waals surface area (Å²) < 4.78 is 5.76. The second-order valence-corrected chi connectivity index (χ2v) is 5.97. The molecule has 2 unspecified atom stereocenters. The third-order valence-corrected chi connectivity index (χ3v) is 4.87. The van der Waals surface area contributed by atoms with Gasteiger partial charge in [0.1, 0.15) is 5.75 Å². The maximum absolute atomic E-state index is 6.03. The summed E-state index contributed by atoms with van der Waals surface area (Å²) in [6.45, 7) is 10.4. The van der Waals surface area contributed by atoms with Crippen molar-refractivity contribution in [3.05, 3.63) is 29.8 Å². The molecule has 1 aromatic rings. The highest BCUT2D eigenvalue weighted by atomic mass is 16.5. The molecular weight excluding hydrogens is 248 g/mol. The summed E-state index contributed by atoms with van der Waals surface area (Å²) >= 11 is 0. The lowest BCUT2D eigenvalue weighted by Gasteiger charge is -2.42. The van der Waals surface area contributed by atoms with Gasteiger partial charge >= 0.3 is 0 Å². The fraction of sp³-hybridized carbons (Fsp3) is 0.647. The van der Waals surface area contributed by atoms with E-state index >= 15 is 0 Å². The van der Waals surface area contributed by atoms with E-state index in [2.05, 4.69) is 49.9 Å². The van der Waals surface area contributed by atoms with Gasteiger partial charge in [0.05, 0.1) is 6.61 Å². The van der Waals surface area contributed by atoms with E-state index in [-0.39, 0.29) is 5.54 Å². The first-order valence-electron chi connectivity index (χ1n) is 7.81. The number of hydrogen-bond acceptors (Lipinski definition) is 3. The molecule has 2 N–H and O–H groups in total. The van der Waals surface area contributed by atoms with Crippen molar-refractivity contribution in [2.75, 3.05) is 26.2 Å². The van der Waals surface area contributed by atoms with Crippen molar-refractivity contribution in [3.63, 3.8) is 0 Å². The normalized spacial score (nSPS) is 21.1. The van der Waals surface area contributed by atoms with Crippen molar-refractivity contribution in [3.8, 4) is 5.75 Å². The van der Waals surface area contributed by atoms with Crippen molar-refractivity contribution in [1.82, 2.24) is 4.90 Å². The minimum atomic E-state index is 0.0992. The molecule has 0 fully saturated rings. The molecule has 0 aliphatic carbocycles. The van der Waals surface area contributed by atoms with Gasteiger partial charge < -0.3 is 10.5 Å². The molecule has 20 heavy (non-hydrogen) atoms. The van der Waals surface area contributed by atoms with Gasteiger partial charge in [0.2, 0.25) is 0 Å². The van der Waals surface area contributed by atoms with E-state index < -0.39 is 0 Å². The van der Waals surface area contributed by atoms with E-state index in [4.69, 9.17) is 10.5 Å². The fourth-order valence-electron chi connectivity index (χ4n) is 3.10. The van der Waals surface area contributed by atoms with Crippen molar-refractivity contribution in [1.29, 1.82) is 0 Å². The molecule has 0 saturated carbocycles. The van der Waals surface area contributed by atoms with E-state index in [1.54, 1.807) is 0 Å². The molecule has 1 aliphatic heterocycles. The minimum absolute atomic E-state index is 0.0992. The predicted octanol–water partition coefficient (Wildman–Crippen LogP) is 3.00. The average Bonchev–Trinajstić information content (AvgIpc) is 2.52. The quantitative estimate of drug-likeness (QED) is 0.868. The molecule has 1 aliphatic rings.